The SMILES string of the molecule is CC(NC(=O)COC(=O)/C=C/c1cccc(C(F)(F)F)c1)c1ccccc1. The molecule has 0 aliphatic rings. The lowest BCUT2D eigenvalue weighted by Crippen LogP contribution is -2.30. The fourth-order valence-electron chi connectivity index (χ4n) is 2.28. The zero-order valence-corrected chi connectivity index (χ0v) is 14.5. The van der Waals surface area contributed by atoms with Crippen LogP contribution in [0.25, 0.3) is 6.08 Å². The third-order valence-electron chi connectivity index (χ3n) is 3.65. The maximum absolute atomic E-state index is 12.6. The minimum atomic E-state index is -4.46. The van der Waals surface area contributed by atoms with E-state index in [1.54, 1.807) is 6.92 Å². The summed E-state index contributed by atoms with van der Waals surface area (Å²) >= 11 is 0. The Balaban J connectivity index is 1.83. The van der Waals surface area contributed by atoms with Crippen molar-refractivity contribution >= 4 is 18.0 Å². The maximum Gasteiger partial charge on any atom is 0.416 e. The number of nitrogens with one attached hydrogen (secondary N) is 1. The molecule has 0 heterocycles. The van der Waals surface area contributed by atoms with Crippen LogP contribution in [-0.4, -0.2) is 18.5 Å². The average Bonchev–Trinajstić information content (AvgIpc) is 2.65. The monoisotopic (exact) mass is 377 g/mol. The van der Waals surface area contributed by atoms with Gasteiger partial charge in [0, 0.05) is 6.08 Å². The Labute approximate surface area is 154 Å². The van der Waals surface area contributed by atoms with Gasteiger partial charge in [-0.25, -0.2) is 4.79 Å². The fourth-order valence-corrected chi connectivity index (χ4v) is 2.28. The van der Waals surface area contributed by atoms with Crippen molar-refractivity contribution in [2.24, 2.45) is 0 Å². The van der Waals surface area contributed by atoms with Crippen molar-refractivity contribution in [3.63, 3.8) is 0 Å². The first kappa shape index (κ1) is 20.2. The highest BCUT2D eigenvalue weighted by molar-refractivity contribution is 5.89. The molecule has 142 valence electrons. The van der Waals surface area contributed by atoms with Gasteiger partial charge in [-0.2, -0.15) is 13.2 Å². The molecule has 4 nitrogen and oxygen atoms in total. The molecule has 2 aromatic carbocycles. The van der Waals surface area contributed by atoms with Gasteiger partial charge in [-0.1, -0.05) is 42.5 Å². The number of carbonyl (C=O) groups excluding carboxylic acids is 2. The van der Waals surface area contributed by atoms with Crippen LogP contribution in [0.15, 0.2) is 60.7 Å². The van der Waals surface area contributed by atoms with Gasteiger partial charge < -0.3 is 10.1 Å². The van der Waals surface area contributed by atoms with Crippen LogP contribution in [0.1, 0.15) is 29.7 Å². The lowest BCUT2D eigenvalue weighted by molar-refractivity contribution is -0.144. The molecular weight excluding hydrogens is 359 g/mol. The van der Waals surface area contributed by atoms with Gasteiger partial charge in [0.1, 0.15) is 0 Å². The van der Waals surface area contributed by atoms with Crippen LogP contribution in [-0.2, 0) is 20.5 Å². The summed E-state index contributed by atoms with van der Waals surface area (Å²) in [6.07, 6.45) is -2.29. The molecule has 1 atom stereocenters. The van der Waals surface area contributed by atoms with Gasteiger partial charge in [-0.15, -0.1) is 0 Å². The molecule has 1 N–H and O–H groups in total. The summed E-state index contributed by atoms with van der Waals surface area (Å²) in [5, 5.41) is 2.68. The second-order valence-electron chi connectivity index (χ2n) is 5.76. The lowest BCUT2D eigenvalue weighted by Gasteiger charge is -2.13. The lowest BCUT2D eigenvalue weighted by atomic mass is 10.1. The summed E-state index contributed by atoms with van der Waals surface area (Å²) in [5.41, 5.74) is 0.290. The maximum atomic E-state index is 12.6. The van der Waals surface area contributed by atoms with Gasteiger partial charge in [0.2, 0.25) is 0 Å². The van der Waals surface area contributed by atoms with E-state index in [4.69, 9.17) is 4.74 Å². The standard InChI is InChI=1S/C20H18F3NO3/c1-14(16-7-3-2-4-8-16)24-18(25)13-27-19(26)11-10-15-6-5-9-17(12-15)20(21,22)23/h2-12,14H,13H2,1H3,(H,24,25)/b11-10+. The van der Waals surface area contributed by atoms with Crippen LogP contribution in [0, 0.1) is 0 Å². The first-order valence-corrected chi connectivity index (χ1v) is 8.12. The highest BCUT2D eigenvalue weighted by atomic mass is 19.4. The molecule has 1 amide bonds. The number of hydrogen-bond acceptors (Lipinski definition) is 3. The van der Waals surface area contributed by atoms with Crippen LogP contribution >= 0.6 is 0 Å². The molecule has 1 unspecified atom stereocenters. The summed E-state index contributed by atoms with van der Waals surface area (Å²) in [6, 6.07) is 13.5. The number of halogens is 3. The summed E-state index contributed by atoms with van der Waals surface area (Å²) < 4.78 is 42.7. The average molecular weight is 377 g/mol. The van der Waals surface area contributed by atoms with Gasteiger partial charge in [0.25, 0.3) is 5.91 Å². The second kappa shape index (κ2) is 9.02. The van der Waals surface area contributed by atoms with Crippen molar-refractivity contribution < 1.29 is 27.5 Å². The zero-order chi connectivity index (χ0) is 19.9. The Kier molecular flexibility index (Phi) is 6.76. The molecular formula is C20H18F3NO3. The Morgan fingerprint density at radius 2 is 1.81 bits per heavy atom. The molecule has 0 bridgehead atoms. The minimum absolute atomic E-state index is 0.198. The molecule has 27 heavy (non-hydrogen) atoms. The highest BCUT2D eigenvalue weighted by Crippen LogP contribution is 2.29. The van der Waals surface area contributed by atoms with Gasteiger partial charge >= 0.3 is 12.1 Å². The predicted molar refractivity (Wildman–Crippen MR) is 94.4 cm³/mol. The Morgan fingerprint density at radius 1 is 1.11 bits per heavy atom. The quantitative estimate of drug-likeness (QED) is 0.608. The molecule has 0 aliphatic carbocycles. The van der Waals surface area contributed by atoms with Crippen LogP contribution in [0.4, 0.5) is 13.2 Å². The van der Waals surface area contributed by atoms with Gasteiger partial charge in [0.15, 0.2) is 6.61 Å². The van der Waals surface area contributed by atoms with Crippen LogP contribution in [0.5, 0.6) is 0 Å². The molecule has 0 aromatic heterocycles. The van der Waals surface area contributed by atoms with E-state index in [1.807, 2.05) is 30.3 Å². The van der Waals surface area contributed by atoms with Gasteiger partial charge in [-0.3, -0.25) is 4.79 Å². The number of ether oxygens (including phenoxy) is 1. The van der Waals surface area contributed by atoms with E-state index in [0.29, 0.717) is 0 Å². The molecule has 0 fully saturated rings. The molecule has 2 rings (SSSR count). The van der Waals surface area contributed by atoms with Gasteiger partial charge in [0.05, 0.1) is 11.6 Å². The van der Waals surface area contributed by atoms with E-state index >= 15 is 0 Å². The number of carbonyl (C=O) groups is 2. The van der Waals surface area contributed by atoms with E-state index < -0.39 is 30.2 Å². The summed E-state index contributed by atoms with van der Waals surface area (Å²) in [5.74, 6) is -1.30. The molecule has 7 heteroatoms. The van der Waals surface area contributed by atoms with Crippen molar-refractivity contribution in [2.45, 2.75) is 19.1 Å². The smallest absolute Gasteiger partial charge is 0.416 e. The highest BCUT2D eigenvalue weighted by Gasteiger charge is 2.30. The number of esters is 1. The zero-order valence-electron chi connectivity index (χ0n) is 14.5. The molecule has 0 spiro atoms. The summed E-state index contributed by atoms with van der Waals surface area (Å²) in [4.78, 5) is 23.5. The summed E-state index contributed by atoms with van der Waals surface area (Å²) in [6.45, 7) is 1.31. The predicted octanol–water partition coefficient (Wildman–Crippen LogP) is 4.14. The number of amides is 1. The summed E-state index contributed by atoms with van der Waals surface area (Å²) in [7, 11) is 0. The Bertz CT molecular complexity index is 817. The van der Waals surface area contributed by atoms with E-state index in [-0.39, 0.29) is 11.6 Å². The van der Waals surface area contributed by atoms with Crippen molar-refractivity contribution in [3.05, 3.63) is 77.4 Å². The molecule has 0 aliphatic heterocycles. The van der Waals surface area contributed by atoms with Crippen LogP contribution in [0.2, 0.25) is 0 Å². The third-order valence-corrected chi connectivity index (χ3v) is 3.65. The Hall–Kier alpha value is -3.09. The first-order valence-electron chi connectivity index (χ1n) is 8.12. The van der Waals surface area contributed by atoms with Crippen LogP contribution < -0.4 is 5.32 Å². The van der Waals surface area contributed by atoms with Crippen molar-refractivity contribution in [2.75, 3.05) is 6.61 Å². The number of alkyl halides is 3. The van der Waals surface area contributed by atoms with Crippen molar-refractivity contribution in [1.29, 1.82) is 0 Å². The Morgan fingerprint density at radius 3 is 2.48 bits per heavy atom. The first-order chi connectivity index (χ1) is 12.8. The number of benzene rings is 2. The fraction of sp³-hybridized carbons (Fsp3) is 0.200. The minimum Gasteiger partial charge on any atom is -0.452 e. The third kappa shape index (κ3) is 6.62. The van der Waals surface area contributed by atoms with E-state index in [9.17, 15) is 22.8 Å². The van der Waals surface area contributed by atoms with Crippen molar-refractivity contribution in [3.8, 4) is 0 Å². The second-order valence-corrected chi connectivity index (χ2v) is 5.76. The number of hydrogen-bond donors (Lipinski definition) is 1. The van der Waals surface area contributed by atoms with Crippen molar-refractivity contribution in [1.82, 2.24) is 5.32 Å². The van der Waals surface area contributed by atoms with E-state index in [1.165, 1.54) is 18.2 Å². The molecule has 0 saturated heterocycles. The van der Waals surface area contributed by atoms with E-state index in [0.717, 1.165) is 23.8 Å². The molecule has 2 aromatic rings. The van der Waals surface area contributed by atoms with E-state index in [2.05, 4.69) is 5.32 Å². The molecule has 0 radical (unpaired) electrons. The molecule has 0 saturated carbocycles. The topological polar surface area (TPSA) is 55.4 Å². The number of rotatable bonds is 6. The largest absolute Gasteiger partial charge is 0.452 e. The normalized spacial score (nSPS) is 12.6. The van der Waals surface area contributed by atoms with Gasteiger partial charge in [-0.05, 0) is 36.3 Å². The van der Waals surface area contributed by atoms with Crippen LogP contribution in [0.3, 0.4) is 0 Å².